The summed E-state index contributed by atoms with van der Waals surface area (Å²) in [4.78, 5) is 14.6. The molecule has 1 heterocycles. The number of piperazine rings is 1. The van der Waals surface area contributed by atoms with Crippen molar-refractivity contribution in [1.82, 2.24) is 9.80 Å². The summed E-state index contributed by atoms with van der Waals surface area (Å²) in [6.45, 7) is 4.88. The molecule has 0 aliphatic carbocycles. The first-order valence-corrected chi connectivity index (χ1v) is 7.69. The van der Waals surface area contributed by atoms with Crippen molar-refractivity contribution in [2.24, 2.45) is 0 Å². The van der Waals surface area contributed by atoms with Gasteiger partial charge in [-0.05, 0) is 6.07 Å². The van der Waals surface area contributed by atoms with Gasteiger partial charge < -0.3 is 14.9 Å². The molecule has 1 aromatic carbocycles. The van der Waals surface area contributed by atoms with Crippen LogP contribution in [0.1, 0.15) is 0 Å². The lowest BCUT2D eigenvalue weighted by atomic mass is 10.2. The zero-order valence-corrected chi connectivity index (χ0v) is 13.0. The Morgan fingerprint density at radius 3 is 2.61 bits per heavy atom. The summed E-state index contributed by atoms with van der Waals surface area (Å²) >= 11 is 0. The van der Waals surface area contributed by atoms with Crippen LogP contribution in [-0.4, -0.2) is 83.5 Å². The van der Waals surface area contributed by atoms with Gasteiger partial charge in [-0.1, -0.05) is 6.07 Å². The standard InChI is InChI=1S/C15H23N3O5/c19-9-8-16-4-6-17(7-5-16)11-14(20)12-23-15-3-1-2-13(10-15)18(21)22/h1-3,10,14,19-20H,4-9,11-12H2. The fourth-order valence-electron chi connectivity index (χ4n) is 2.57. The van der Waals surface area contributed by atoms with E-state index in [9.17, 15) is 15.2 Å². The lowest BCUT2D eigenvalue weighted by Gasteiger charge is -2.35. The molecule has 0 amide bonds. The zero-order valence-electron chi connectivity index (χ0n) is 13.0. The van der Waals surface area contributed by atoms with Crippen LogP contribution in [0.3, 0.4) is 0 Å². The van der Waals surface area contributed by atoms with Crippen molar-refractivity contribution in [3.05, 3.63) is 34.4 Å². The van der Waals surface area contributed by atoms with Gasteiger partial charge in [0.2, 0.25) is 0 Å². The zero-order chi connectivity index (χ0) is 16.7. The van der Waals surface area contributed by atoms with Gasteiger partial charge in [-0.25, -0.2) is 0 Å². The van der Waals surface area contributed by atoms with Gasteiger partial charge in [0.25, 0.3) is 5.69 Å². The average molecular weight is 325 g/mol. The number of non-ortho nitro benzene ring substituents is 1. The molecule has 1 aliphatic heterocycles. The third-order valence-corrected chi connectivity index (χ3v) is 3.82. The number of aliphatic hydroxyl groups is 2. The van der Waals surface area contributed by atoms with E-state index < -0.39 is 11.0 Å². The van der Waals surface area contributed by atoms with Crippen LogP contribution in [-0.2, 0) is 0 Å². The van der Waals surface area contributed by atoms with Crippen molar-refractivity contribution in [3.8, 4) is 5.75 Å². The predicted molar refractivity (Wildman–Crippen MR) is 84.6 cm³/mol. The van der Waals surface area contributed by atoms with Gasteiger partial charge in [0, 0.05) is 45.3 Å². The van der Waals surface area contributed by atoms with Crippen LogP contribution in [0.15, 0.2) is 24.3 Å². The Kier molecular flexibility index (Phi) is 6.72. The first-order chi connectivity index (χ1) is 11.1. The van der Waals surface area contributed by atoms with Crippen LogP contribution in [0, 0.1) is 10.1 Å². The maximum absolute atomic E-state index is 10.7. The van der Waals surface area contributed by atoms with Crippen LogP contribution >= 0.6 is 0 Å². The largest absolute Gasteiger partial charge is 0.491 e. The van der Waals surface area contributed by atoms with E-state index in [1.54, 1.807) is 12.1 Å². The maximum Gasteiger partial charge on any atom is 0.273 e. The van der Waals surface area contributed by atoms with Gasteiger partial charge in [0.1, 0.15) is 18.5 Å². The second-order valence-corrected chi connectivity index (χ2v) is 5.59. The molecule has 1 atom stereocenters. The van der Waals surface area contributed by atoms with Crippen LogP contribution in [0.2, 0.25) is 0 Å². The van der Waals surface area contributed by atoms with E-state index in [0.29, 0.717) is 18.8 Å². The number of nitro groups is 1. The molecule has 1 saturated heterocycles. The number of rotatable bonds is 8. The van der Waals surface area contributed by atoms with E-state index in [0.717, 1.165) is 26.2 Å². The molecule has 8 nitrogen and oxygen atoms in total. The molecule has 0 saturated carbocycles. The normalized spacial score (nSPS) is 17.8. The SMILES string of the molecule is O=[N+]([O-])c1cccc(OCC(O)CN2CCN(CCO)CC2)c1. The fourth-order valence-corrected chi connectivity index (χ4v) is 2.57. The van der Waals surface area contributed by atoms with Crippen molar-refractivity contribution < 1.29 is 19.9 Å². The highest BCUT2D eigenvalue weighted by Gasteiger charge is 2.19. The third kappa shape index (κ3) is 5.76. The topological polar surface area (TPSA) is 99.3 Å². The Morgan fingerprint density at radius 2 is 1.96 bits per heavy atom. The van der Waals surface area contributed by atoms with Crippen LogP contribution in [0.5, 0.6) is 5.75 Å². The van der Waals surface area contributed by atoms with E-state index in [4.69, 9.17) is 9.84 Å². The highest BCUT2D eigenvalue weighted by Crippen LogP contribution is 2.19. The molecule has 8 heteroatoms. The summed E-state index contributed by atoms with van der Waals surface area (Å²) in [6.07, 6.45) is -0.654. The highest BCUT2D eigenvalue weighted by atomic mass is 16.6. The highest BCUT2D eigenvalue weighted by molar-refractivity contribution is 5.37. The van der Waals surface area contributed by atoms with Gasteiger partial charge in [0.15, 0.2) is 0 Å². The van der Waals surface area contributed by atoms with E-state index in [1.807, 2.05) is 0 Å². The van der Waals surface area contributed by atoms with Gasteiger partial charge in [-0.15, -0.1) is 0 Å². The number of ether oxygens (including phenoxy) is 1. The minimum absolute atomic E-state index is 0.0306. The number of β-amino-alcohol motifs (C(OH)–C–C–N with tert-alkyl or cyclic N) is 2. The van der Waals surface area contributed by atoms with Crippen LogP contribution in [0.4, 0.5) is 5.69 Å². The molecule has 1 unspecified atom stereocenters. The van der Waals surface area contributed by atoms with Gasteiger partial charge in [0.05, 0.1) is 17.6 Å². The molecule has 1 aromatic rings. The lowest BCUT2D eigenvalue weighted by Crippen LogP contribution is -2.49. The number of hydrogen-bond acceptors (Lipinski definition) is 7. The number of hydrogen-bond donors (Lipinski definition) is 2. The van der Waals surface area contributed by atoms with Gasteiger partial charge in [-0.2, -0.15) is 0 Å². The minimum atomic E-state index is -0.654. The Bertz CT molecular complexity index is 506. The molecular weight excluding hydrogens is 302 g/mol. The first kappa shape index (κ1) is 17.6. The summed E-state index contributed by atoms with van der Waals surface area (Å²) in [5, 5.41) is 29.7. The molecule has 128 valence electrons. The molecule has 0 spiro atoms. The fraction of sp³-hybridized carbons (Fsp3) is 0.600. The molecule has 0 radical (unpaired) electrons. The second-order valence-electron chi connectivity index (χ2n) is 5.59. The van der Waals surface area contributed by atoms with Crippen molar-refractivity contribution >= 4 is 5.69 Å². The van der Waals surface area contributed by atoms with Crippen molar-refractivity contribution in [2.45, 2.75) is 6.10 Å². The minimum Gasteiger partial charge on any atom is -0.491 e. The Morgan fingerprint density at radius 1 is 1.26 bits per heavy atom. The Hall–Kier alpha value is -1.74. The van der Waals surface area contributed by atoms with E-state index >= 15 is 0 Å². The summed E-state index contributed by atoms with van der Waals surface area (Å²) in [5.74, 6) is 0.381. The van der Waals surface area contributed by atoms with Gasteiger partial charge >= 0.3 is 0 Å². The molecule has 0 aromatic heterocycles. The first-order valence-electron chi connectivity index (χ1n) is 7.69. The number of benzene rings is 1. The third-order valence-electron chi connectivity index (χ3n) is 3.82. The Labute approximate surface area is 135 Å². The van der Waals surface area contributed by atoms with E-state index in [2.05, 4.69) is 9.80 Å². The second kappa shape index (κ2) is 8.78. The predicted octanol–water partition coefficient (Wildman–Crippen LogP) is -0.0556. The molecule has 1 aliphatic rings. The molecule has 2 N–H and O–H groups in total. The molecule has 0 bridgehead atoms. The Balaban J connectivity index is 1.72. The summed E-state index contributed by atoms with van der Waals surface area (Å²) in [6, 6.07) is 5.93. The summed E-state index contributed by atoms with van der Waals surface area (Å²) < 4.78 is 5.44. The summed E-state index contributed by atoms with van der Waals surface area (Å²) in [7, 11) is 0. The van der Waals surface area contributed by atoms with Crippen LogP contribution in [0.25, 0.3) is 0 Å². The molecular formula is C15H23N3O5. The monoisotopic (exact) mass is 325 g/mol. The van der Waals surface area contributed by atoms with Crippen molar-refractivity contribution in [3.63, 3.8) is 0 Å². The number of aliphatic hydroxyl groups excluding tert-OH is 2. The quantitative estimate of drug-likeness (QED) is 0.510. The van der Waals surface area contributed by atoms with Crippen molar-refractivity contribution in [2.75, 3.05) is 52.5 Å². The van der Waals surface area contributed by atoms with Crippen LogP contribution < -0.4 is 4.74 Å². The molecule has 1 fully saturated rings. The lowest BCUT2D eigenvalue weighted by molar-refractivity contribution is -0.384. The van der Waals surface area contributed by atoms with E-state index in [-0.39, 0.29) is 18.9 Å². The summed E-state index contributed by atoms with van der Waals surface area (Å²) in [5.41, 5.74) is -0.0306. The average Bonchev–Trinajstić information content (AvgIpc) is 2.55. The smallest absolute Gasteiger partial charge is 0.273 e. The van der Waals surface area contributed by atoms with Crippen molar-refractivity contribution in [1.29, 1.82) is 0 Å². The maximum atomic E-state index is 10.7. The number of nitrogens with zero attached hydrogens (tertiary/aromatic N) is 3. The molecule has 23 heavy (non-hydrogen) atoms. The van der Waals surface area contributed by atoms with E-state index in [1.165, 1.54) is 12.1 Å². The molecule has 2 rings (SSSR count). The number of nitro benzene ring substituents is 1. The van der Waals surface area contributed by atoms with Gasteiger partial charge in [-0.3, -0.25) is 19.9 Å².